The fourth-order valence-electron chi connectivity index (χ4n) is 2.45. The van der Waals surface area contributed by atoms with Crippen LogP contribution in [0.3, 0.4) is 0 Å². The van der Waals surface area contributed by atoms with E-state index < -0.39 is 0 Å². The van der Waals surface area contributed by atoms with Crippen LogP contribution < -0.4 is 11.1 Å². The number of hydrogen-bond donors (Lipinski definition) is 2. The maximum Gasteiger partial charge on any atom is 0.237 e. The van der Waals surface area contributed by atoms with Crippen molar-refractivity contribution in [3.05, 3.63) is 0 Å². The molecule has 0 aliphatic carbocycles. The predicted octanol–water partition coefficient (Wildman–Crippen LogP) is 4.40. The van der Waals surface area contributed by atoms with Gasteiger partial charge in [-0.05, 0) is 12.3 Å². The van der Waals surface area contributed by atoms with Crippen LogP contribution >= 0.6 is 0 Å². The first kappa shape index (κ1) is 20.4. The van der Waals surface area contributed by atoms with E-state index in [1.54, 1.807) is 0 Å². The Labute approximate surface area is 132 Å². The van der Waals surface area contributed by atoms with Crippen LogP contribution in [0.5, 0.6) is 0 Å². The van der Waals surface area contributed by atoms with E-state index in [-0.39, 0.29) is 17.9 Å². The van der Waals surface area contributed by atoms with E-state index in [2.05, 4.69) is 19.2 Å². The van der Waals surface area contributed by atoms with Crippen molar-refractivity contribution >= 4 is 5.91 Å². The summed E-state index contributed by atoms with van der Waals surface area (Å²) in [6.45, 7) is 7.14. The van der Waals surface area contributed by atoms with Crippen LogP contribution in [0.2, 0.25) is 0 Å². The van der Waals surface area contributed by atoms with Gasteiger partial charge in [0.05, 0.1) is 6.04 Å². The van der Waals surface area contributed by atoms with Crippen LogP contribution in [0, 0.1) is 5.92 Å². The summed E-state index contributed by atoms with van der Waals surface area (Å²) in [7, 11) is 0. The van der Waals surface area contributed by atoms with Gasteiger partial charge in [0, 0.05) is 6.54 Å². The Morgan fingerprint density at radius 1 is 0.905 bits per heavy atom. The third kappa shape index (κ3) is 11.7. The number of unbranched alkanes of at least 4 members (excludes halogenated alkanes) is 9. The normalized spacial score (nSPS) is 13.9. The van der Waals surface area contributed by atoms with Gasteiger partial charge >= 0.3 is 0 Å². The van der Waals surface area contributed by atoms with Crippen LogP contribution in [0.1, 0.15) is 91.4 Å². The summed E-state index contributed by atoms with van der Waals surface area (Å²) in [5.74, 6) is 0.276. The molecule has 0 rings (SSSR count). The lowest BCUT2D eigenvalue weighted by Crippen LogP contribution is -2.44. The number of hydrogen-bond acceptors (Lipinski definition) is 2. The maximum absolute atomic E-state index is 11.8. The van der Waals surface area contributed by atoms with Gasteiger partial charge in [-0.15, -0.1) is 0 Å². The van der Waals surface area contributed by atoms with Crippen molar-refractivity contribution in [2.75, 3.05) is 6.54 Å². The Hall–Kier alpha value is -0.570. The standard InChI is InChI=1S/C18H38N2O/c1-4-6-7-8-9-10-11-12-13-14-15-20-18(21)17(19)16(3)5-2/h16-17H,4-15,19H2,1-3H3,(H,20,21). The number of amides is 1. The van der Waals surface area contributed by atoms with Crippen molar-refractivity contribution in [3.8, 4) is 0 Å². The molecular formula is C18H38N2O. The zero-order valence-corrected chi connectivity index (χ0v) is 14.6. The largest absolute Gasteiger partial charge is 0.355 e. The first-order valence-corrected chi connectivity index (χ1v) is 9.16. The fraction of sp³-hybridized carbons (Fsp3) is 0.944. The molecule has 0 heterocycles. The van der Waals surface area contributed by atoms with Crippen molar-refractivity contribution in [2.24, 2.45) is 11.7 Å². The third-order valence-corrected chi connectivity index (χ3v) is 4.39. The van der Waals surface area contributed by atoms with E-state index in [4.69, 9.17) is 5.73 Å². The molecule has 0 radical (unpaired) electrons. The van der Waals surface area contributed by atoms with Gasteiger partial charge in [0.1, 0.15) is 0 Å². The van der Waals surface area contributed by atoms with Crippen LogP contribution in [-0.4, -0.2) is 18.5 Å². The van der Waals surface area contributed by atoms with Gasteiger partial charge < -0.3 is 11.1 Å². The third-order valence-electron chi connectivity index (χ3n) is 4.39. The predicted molar refractivity (Wildman–Crippen MR) is 92.3 cm³/mol. The van der Waals surface area contributed by atoms with E-state index in [1.165, 1.54) is 57.8 Å². The van der Waals surface area contributed by atoms with Crippen LogP contribution in [0.25, 0.3) is 0 Å². The van der Waals surface area contributed by atoms with Gasteiger partial charge in [0.15, 0.2) is 0 Å². The minimum absolute atomic E-state index is 0.0141. The van der Waals surface area contributed by atoms with Crippen molar-refractivity contribution in [1.29, 1.82) is 0 Å². The lowest BCUT2D eigenvalue weighted by molar-refractivity contribution is -0.123. The molecule has 3 N–H and O–H groups in total. The summed E-state index contributed by atoms with van der Waals surface area (Å²) >= 11 is 0. The van der Waals surface area contributed by atoms with Gasteiger partial charge in [-0.25, -0.2) is 0 Å². The molecule has 0 aliphatic heterocycles. The molecule has 3 heteroatoms. The molecule has 0 saturated carbocycles. The maximum atomic E-state index is 11.8. The first-order chi connectivity index (χ1) is 10.1. The highest BCUT2D eigenvalue weighted by Gasteiger charge is 2.18. The number of carbonyl (C=O) groups is 1. The van der Waals surface area contributed by atoms with E-state index in [0.717, 1.165) is 19.4 Å². The summed E-state index contributed by atoms with van der Waals surface area (Å²) in [4.78, 5) is 11.8. The quantitative estimate of drug-likeness (QED) is 0.467. The summed E-state index contributed by atoms with van der Waals surface area (Å²) in [6, 6.07) is -0.349. The second-order valence-electron chi connectivity index (χ2n) is 6.38. The molecule has 0 aromatic heterocycles. The van der Waals surface area contributed by atoms with Crippen molar-refractivity contribution in [1.82, 2.24) is 5.32 Å². The molecule has 0 saturated heterocycles. The number of carbonyl (C=O) groups excluding carboxylic acids is 1. The Morgan fingerprint density at radius 3 is 1.86 bits per heavy atom. The van der Waals surface area contributed by atoms with Crippen LogP contribution in [0.4, 0.5) is 0 Å². The van der Waals surface area contributed by atoms with Crippen LogP contribution in [-0.2, 0) is 4.79 Å². The fourth-order valence-corrected chi connectivity index (χ4v) is 2.45. The topological polar surface area (TPSA) is 55.1 Å². The van der Waals surface area contributed by atoms with E-state index >= 15 is 0 Å². The van der Waals surface area contributed by atoms with Gasteiger partial charge in [-0.3, -0.25) is 4.79 Å². The lowest BCUT2D eigenvalue weighted by Gasteiger charge is -2.17. The summed E-state index contributed by atoms with van der Waals surface area (Å²) in [5, 5.41) is 2.96. The highest BCUT2D eigenvalue weighted by Crippen LogP contribution is 2.10. The second kappa shape index (κ2) is 14.4. The molecule has 126 valence electrons. The summed E-state index contributed by atoms with van der Waals surface area (Å²) in [6.07, 6.45) is 14.2. The molecule has 1 amide bonds. The minimum atomic E-state index is -0.349. The van der Waals surface area contributed by atoms with Gasteiger partial charge in [0.25, 0.3) is 0 Å². The van der Waals surface area contributed by atoms with E-state index in [0.29, 0.717) is 0 Å². The highest BCUT2D eigenvalue weighted by molar-refractivity contribution is 5.81. The van der Waals surface area contributed by atoms with Crippen LogP contribution in [0.15, 0.2) is 0 Å². The Bertz CT molecular complexity index is 243. The van der Waals surface area contributed by atoms with Gasteiger partial charge in [-0.1, -0.05) is 85.0 Å². The van der Waals surface area contributed by atoms with Crippen molar-refractivity contribution in [2.45, 2.75) is 97.4 Å². The summed E-state index contributed by atoms with van der Waals surface area (Å²) in [5.41, 5.74) is 5.89. The number of rotatable bonds is 14. The Morgan fingerprint density at radius 2 is 1.38 bits per heavy atom. The molecule has 0 bridgehead atoms. The molecule has 0 aromatic rings. The number of nitrogens with one attached hydrogen (secondary N) is 1. The molecule has 3 nitrogen and oxygen atoms in total. The van der Waals surface area contributed by atoms with Crippen molar-refractivity contribution < 1.29 is 4.79 Å². The minimum Gasteiger partial charge on any atom is -0.355 e. The molecule has 0 fully saturated rings. The number of nitrogens with two attached hydrogens (primary N) is 1. The second-order valence-corrected chi connectivity index (χ2v) is 6.38. The average Bonchev–Trinajstić information content (AvgIpc) is 2.50. The molecule has 0 aliphatic rings. The van der Waals surface area contributed by atoms with E-state index in [9.17, 15) is 4.79 Å². The smallest absolute Gasteiger partial charge is 0.237 e. The highest BCUT2D eigenvalue weighted by atomic mass is 16.2. The molecule has 0 aromatic carbocycles. The van der Waals surface area contributed by atoms with Crippen molar-refractivity contribution in [3.63, 3.8) is 0 Å². The van der Waals surface area contributed by atoms with Gasteiger partial charge in [0.2, 0.25) is 5.91 Å². The molecule has 2 atom stereocenters. The molecule has 0 spiro atoms. The zero-order chi connectivity index (χ0) is 15.9. The lowest BCUT2D eigenvalue weighted by atomic mass is 9.99. The van der Waals surface area contributed by atoms with E-state index in [1.807, 2.05) is 6.92 Å². The molecular weight excluding hydrogens is 260 g/mol. The molecule has 2 unspecified atom stereocenters. The Kier molecular flexibility index (Phi) is 14.0. The monoisotopic (exact) mass is 298 g/mol. The summed E-state index contributed by atoms with van der Waals surface area (Å²) < 4.78 is 0. The average molecular weight is 299 g/mol. The molecule has 21 heavy (non-hydrogen) atoms. The zero-order valence-electron chi connectivity index (χ0n) is 14.6. The first-order valence-electron chi connectivity index (χ1n) is 9.16. The SMILES string of the molecule is CCCCCCCCCCCCNC(=O)C(N)C(C)CC. The Balaban J connectivity index is 3.30. The van der Waals surface area contributed by atoms with Gasteiger partial charge in [-0.2, -0.15) is 0 Å².